The van der Waals surface area contributed by atoms with Crippen molar-refractivity contribution in [2.45, 2.75) is 18.3 Å². The Balaban J connectivity index is 1.33. The molecule has 0 spiro atoms. The summed E-state index contributed by atoms with van der Waals surface area (Å²) in [6, 6.07) is 7.38. The first-order valence-corrected chi connectivity index (χ1v) is 9.42. The zero-order valence-electron chi connectivity index (χ0n) is 13.5. The van der Waals surface area contributed by atoms with Gasteiger partial charge in [-0.15, -0.1) is 20.4 Å². The maximum Gasteiger partial charge on any atom is 0.277 e. The highest BCUT2D eigenvalue weighted by atomic mass is 32.2. The van der Waals surface area contributed by atoms with Gasteiger partial charge in [0.1, 0.15) is 11.6 Å². The third kappa shape index (κ3) is 3.78. The molecule has 1 amide bonds. The van der Waals surface area contributed by atoms with E-state index in [9.17, 15) is 4.79 Å². The van der Waals surface area contributed by atoms with Gasteiger partial charge in [0.15, 0.2) is 11.5 Å². The predicted molar refractivity (Wildman–Crippen MR) is 93.6 cm³/mol. The van der Waals surface area contributed by atoms with Gasteiger partial charge < -0.3 is 13.9 Å². The van der Waals surface area contributed by atoms with E-state index in [1.165, 1.54) is 11.3 Å². The third-order valence-corrected chi connectivity index (χ3v) is 4.88. The molecule has 0 saturated carbocycles. The Kier molecular flexibility index (Phi) is 4.71. The van der Waals surface area contributed by atoms with E-state index < -0.39 is 6.10 Å². The van der Waals surface area contributed by atoms with Gasteiger partial charge in [0.05, 0.1) is 5.75 Å². The number of hydrogen-bond acceptors (Lipinski definition) is 10. The Morgan fingerprint density at radius 2 is 2.12 bits per heavy atom. The van der Waals surface area contributed by atoms with Crippen molar-refractivity contribution >= 4 is 34.1 Å². The van der Waals surface area contributed by atoms with E-state index in [1.54, 1.807) is 0 Å². The van der Waals surface area contributed by atoms with Crippen LogP contribution in [0, 0.1) is 6.92 Å². The van der Waals surface area contributed by atoms with Gasteiger partial charge in [0, 0.05) is 0 Å². The molecule has 134 valence electrons. The number of fused-ring (bicyclic) bond motifs is 1. The molecular weight excluding hydrogens is 378 g/mol. The van der Waals surface area contributed by atoms with Crippen LogP contribution in [-0.2, 0) is 4.79 Å². The third-order valence-electron chi connectivity index (χ3n) is 3.31. The monoisotopic (exact) mass is 391 g/mol. The standard InChI is InChI=1S/C15H13N5O4S2/c1-8-17-19-14(26-8)16-12(21)7-25-15-20-18-13(24-15)11-6-22-9-4-2-3-5-10(9)23-11/h2-5,11H,6-7H2,1H3,(H,16,19,21). The summed E-state index contributed by atoms with van der Waals surface area (Å²) >= 11 is 2.44. The highest BCUT2D eigenvalue weighted by Crippen LogP contribution is 2.35. The number of carbonyl (C=O) groups is 1. The number of anilines is 1. The van der Waals surface area contributed by atoms with Crippen LogP contribution < -0.4 is 14.8 Å². The van der Waals surface area contributed by atoms with Crippen LogP contribution in [0.25, 0.3) is 0 Å². The molecule has 1 aromatic carbocycles. The predicted octanol–water partition coefficient (Wildman–Crippen LogP) is 2.47. The summed E-state index contributed by atoms with van der Waals surface area (Å²) in [7, 11) is 0. The molecule has 0 radical (unpaired) electrons. The van der Waals surface area contributed by atoms with Crippen LogP contribution in [0.4, 0.5) is 5.13 Å². The van der Waals surface area contributed by atoms with Gasteiger partial charge in [0.25, 0.3) is 11.1 Å². The molecule has 9 nitrogen and oxygen atoms in total. The van der Waals surface area contributed by atoms with E-state index in [0.29, 0.717) is 22.5 Å². The fourth-order valence-electron chi connectivity index (χ4n) is 2.18. The van der Waals surface area contributed by atoms with Crippen LogP contribution in [-0.4, -0.2) is 38.7 Å². The molecule has 0 aliphatic carbocycles. The number of aryl methyl sites for hydroxylation is 1. The quantitative estimate of drug-likeness (QED) is 0.655. The van der Waals surface area contributed by atoms with Crippen molar-refractivity contribution in [1.29, 1.82) is 0 Å². The lowest BCUT2D eigenvalue weighted by atomic mass is 10.2. The minimum Gasteiger partial charge on any atom is -0.485 e. The number of para-hydroxylation sites is 2. The number of amides is 1. The summed E-state index contributed by atoms with van der Waals surface area (Å²) in [4.78, 5) is 11.9. The summed E-state index contributed by atoms with van der Waals surface area (Å²) in [5, 5.41) is 19.8. The van der Waals surface area contributed by atoms with Crippen LogP contribution in [0.5, 0.6) is 11.5 Å². The topological polar surface area (TPSA) is 112 Å². The molecule has 4 rings (SSSR count). The summed E-state index contributed by atoms with van der Waals surface area (Å²) in [6.07, 6.45) is -0.482. The second kappa shape index (κ2) is 7.30. The van der Waals surface area contributed by atoms with E-state index in [2.05, 4.69) is 25.7 Å². The van der Waals surface area contributed by atoms with Crippen LogP contribution in [0.2, 0.25) is 0 Å². The molecule has 11 heteroatoms. The lowest BCUT2D eigenvalue weighted by Gasteiger charge is -2.23. The van der Waals surface area contributed by atoms with Gasteiger partial charge in [-0.3, -0.25) is 10.1 Å². The normalized spacial score (nSPS) is 15.7. The van der Waals surface area contributed by atoms with Crippen molar-refractivity contribution in [3.63, 3.8) is 0 Å². The highest BCUT2D eigenvalue weighted by Gasteiger charge is 2.27. The zero-order chi connectivity index (χ0) is 17.9. The Morgan fingerprint density at radius 1 is 1.27 bits per heavy atom. The number of thioether (sulfide) groups is 1. The Hall–Kier alpha value is -2.66. The van der Waals surface area contributed by atoms with Crippen LogP contribution in [0.15, 0.2) is 33.9 Å². The molecule has 0 saturated heterocycles. The van der Waals surface area contributed by atoms with Crippen molar-refractivity contribution in [3.05, 3.63) is 35.2 Å². The average molecular weight is 391 g/mol. The van der Waals surface area contributed by atoms with E-state index in [-0.39, 0.29) is 23.5 Å². The highest BCUT2D eigenvalue weighted by molar-refractivity contribution is 7.99. The number of carbonyl (C=O) groups excluding carboxylic acids is 1. The molecule has 3 heterocycles. The minimum atomic E-state index is -0.482. The summed E-state index contributed by atoms with van der Waals surface area (Å²) in [5.41, 5.74) is 0. The van der Waals surface area contributed by atoms with Gasteiger partial charge in [-0.1, -0.05) is 35.2 Å². The Morgan fingerprint density at radius 3 is 2.92 bits per heavy atom. The summed E-state index contributed by atoms with van der Waals surface area (Å²) in [5.74, 6) is 1.51. The van der Waals surface area contributed by atoms with Crippen molar-refractivity contribution in [3.8, 4) is 11.5 Å². The Bertz CT molecular complexity index is 928. The number of nitrogens with one attached hydrogen (secondary N) is 1. The number of aromatic nitrogens is 4. The van der Waals surface area contributed by atoms with Gasteiger partial charge in [-0.05, 0) is 19.1 Å². The van der Waals surface area contributed by atoms with Gasteiger partial charge in [-0.25, -0.2) is 0 Å². The SMILES string of the molecule is Cc1nnc(NC(=O)CSc2nnc(C3COc4ccccc4O3)o2)s1. The van der Waals surface area contributed by atoms with E-state index >= 15 is 0 Å². The van der Waals surface area contributed by atoms with E-state index in [1.807, 2.05) is 31.2 Å². The van der Waals surface area contributed by atoms with Crippen LogP contribution in [0.3, 0.4) is 0 Å². The maximum atomic E-state index is 11.9. The largest absolute Gasteiger partial charge is 0.485 e. The van der Waals surface area contributed by atoms with Crippen LogP contribution in [0.1, 0.15) is 17.0 Å². The number of hydrogen-bond donors (Lipinski definition) is 1. The summed E-state index contributed by atoms with van der Waals surface area (Å²) < 4.78 is 17.0. The summed E-state index contributed by atoms with van der Waals surface area (Å²) in [6.45, 7) is 2.09. The fraction of sp³-hybridized carbons (Fsp3) is 0.267. The number of nitrogens with zero attached hydrogens (tertiary/aromatic N) is 4. The average Bonchev–Trinajstić information content (AvgIpc) is 3.28. The molecule has 0 fully saturated rings. The zero-order valence-corrected chi connectivity index (χ0v) is 15.2. The van der Waals surface area contributed by atoms with E-state index in [0.717, 1.165) is 16.8 Å². The molecule has 1 atom stereocenters. The van der Waals surface area contributed by atoms with Gasteiger partial charge in [-0.2, -0.15) is 0 Å². The van der Waals surface area contributed by atoms with Gasteiger partial charge >= 0.3 is 0 Å². The second-order valence-corrected chi connectivity index (χ2v) is 7.34. The van der Waals surface area contributed by atoms with Crippen molar-refractivity contribution < 1.29 is 18.7 Å². The molecule has 26 heavy (non-hydrogen) atoms. The Labute approximate surface area is 156 Å². The van der Waals surface area contributed by atoms with Crippen LogP contribution >= 0.6 is 23.1 Å². The van der Waals surface area contributed by atoms with Crippen molar-refractivity contribution in [1.82, 2.24) is 20.4 Å². The lowest BCUT2D eigenvalue weighted by Crippen LogP contribution is -2.21. The minimum absolute atomic E-state index is 0.116. The molecule has 1 N–H and O–H groups in total. The molecule has 2 aromatic heterocycles. The van der Waals surface area contributed by atoms with Crippen molar-refractivity contribution in [2.24, 2.45) is 0 Å². The number of rotatable bonds is 5. The number of benzene rings is 1. The van der Waals surface area contributed by atoms with Crippen molar-refractivity contribution in [2.75, 3.05) is 17.7 Å². The van der Waals surface area contributed by atoms with E-state index in [4.69, 9.17) is 13.9 Å². The first kappa shape index (κ1) is 16.8. The molecule has 3 aromatic rings. The first-order valence-electron chi connectivity index (χ1n) is 7.62. The molecular formula is C15H13N5O4S2. The fourth-order valence-corrected chi connectivity index (χ4v) is 3.36. The maximum absolute atomic E-state index is 11.9. The molecule has 1 aliphatic heterocycles. The molecule has 1 aliphatic rings. The van der Waals surface area contributed by atoms with Gasteiger partial charge in [0.2, 0.25) is 17.1 Å². The smallest absolute Gasteiger partial charge is 0.277 e. The first-order chi connectivity index (χ1) is 12.7. The lowest BCUT2D eigenvalue weighted by molar-refractivity contribution is -0.113. The number of ether oxygens (including phenoxy) is 2. The molecule has 0 bridgehead atoms. The second-order valence-electron chi connectivity index (χ2n) is 5.23. The molecule has 1 unspecified atom stereocenters.